The van der Waals surface area contributed by atoms with Crippen LogP contribution >= 0.6 is 0 Å². The molecule has 1 aromatic rings. The lowest BCUT2D eigenvalue weighted by molar-refractivity contribution is 0.810. The molecule has 0 fully saturated rings. The Hall–Kier alpha value is -1.11. The molecule has 0 bridgehead atoms. The third kappa shape index (κ3) is 0.747. The third-order valence-electron chi connectivity index (χ3n) is 1.87. The Balaban J connectivity index is 2.36. The Bertz CT molecular complexity index is 255. The molecule has 0 aliphatic carbocycles. The van der Waals surface area contributed by atoms with E-state index in [0.29, 0.717) is 0 Å². The van der Waals surface area contributed by atoms with Crippen LogP contribution in [0.25, 0.3) is 0 Å². The van der Waals surface area contributed by atoms with Crippen molar-refractivity contribution in [2.24, 2.45) is 4.99 Å². The van der Waals surface area contributed by atoms with Crippen molar-refractivity contribution < 1.29 is 0 Å². The van der Waals surface area contributed by atoms with Gasteiger partial charge in [-0.3, -0.25) is 4.99 Å². The highest BCUT2D eigenvalue weighted by Gasteiger charge is 2.31. The van der Waals surface area contributed by atoms with Crippen molar-refractivity contribution in [3.63, 3.8) is 0 Å². The summed E-state index contributed by atoms with van der Waals surface area (Å²) in [6.45, 7) is 2.11. The highest BCUT2D eigenvalue weighted by Crippen LogP contribution is 2.31. The summed E-state index contributed by atoms with van der Waals surface area (Å²) in [6, 6.07) is 10.3. The molecule has 0 aromatic heterocycles. The summed E-state index contributed by atoms with van der Waals surface area (Å²) in [5.41, 5.74) is 1.33. The third-order valence-corrected chi connectivity index (χ3v) is 1.87. The Kier molecular flexibility index (Phi) is 0.956. The second kappa shape index (κ2) is 1.69. The zero-order valence-corrected chi connectivity index (χ0v) is 5.91. The molecule has 0 saturated heterocycles. The van der Waals surface area contributed by atoms with Gasteiger partial charge in [-0.2, -0.15) is 0 Å². The molecule has 2 rings (SSSR count). The molecule has 1 aliphatic rings. The molecule has 1 unspecified atom stereocenters. The average molecular weight is 131 g/mol. The summed E-state index contributed by atoms with van der Waals surface area (Å²) >= 11 is 0. The molecular weight excluding hydrogens is 122 g/mol. The number of aliphatic imine (C=N–C) groups is 1. The summed E-state index contributed by atoms with van der Waals surface area (Å²) in [4.78, 5) is 4.18. The van der Waals surface area contributed by atoms with Gasteiger partial charge in [-0.05, 0) is 12.5 Å². The maximum atomic E-state index is 4.18. The largest absolute Gasteiger partial charge is 0.278 e. The molecule has 1 atom stereocenters. The van der Waals surface area contributed by atoms with E-state index < -0.39 is 0 Å². The van der Waals surface area contributed by atoms with Gasteiger partial charge in [-0.1, -0.05) is 30.3 Å². The first-order chi connectivity index (χ1) is 4.81. The van der Waals surface area contributed by atoms with E-state index in [0.717, 1.165) is 0 Å². The molecule has 0 amide bonds. The zero-order valence-electron chi connectivity index (χ0n) is 5.91. The van der Waals surface area contributed by atoms with E-state index in [9.17, 15) is 0 Å². The van der Waals surface area contributed by atoms with E-state index in [1.165, 1.54) is 5.56 Å². The van der Waals surface area contributed by atoms with Crippen molar-refractivity contribution in [3.8, 4) is 0 Å². The molecule has 0 N–H and O–H groups in total. The van der Waals surface area contributed by atoms with Crippen LogP contribution in [0.1, 0.15) is 12.5 Å². The normalized spacial score (nSPS) is 28.5. The van der Waals surface area contributed by atoms with E-state index >= 15 is 0 Å². The van der Waals surface area contributed by atoms with Gasteiger partial charge in [0.25, 0.3) is 0 Å². The first kappa shape index (κ1) is 5.66. The second-order valence-corrected chi connectivity index (χ2v) is 2.77. The van der Waals surface area contributed by atoms with E-state index in [-0.39, 0.29) is 5.54 Å². The monoisotopic (exact) mass is 131 g/mol. The quantitative estimate of drug-likeness (QED) is 0.552. The molecule has 50 valence electrons. The number of rotatable bonds is 1. The maximum absolute atomic E-state index is 4.18. The van der Waals surface area contributed by atoms with Crippen LogP contribution in [0.3, 0.4) is 0 Å². The minimum absolute atomic E-state index is 0.0429. The summed E-state index contributed by atoms with van der Waals surface area (Å²) in [5, 5.41) is 0. The summed E-state index contributed by atoms with van der Waals surface area (Å²) < 4.78 is 0. The zero-order chi connectivity index (χ0) is 7.03. The van der Waals surface area contributed by atoms with Crippen LogP contribution in [0, 0.1) is 0 Å². The van der Waals surface area contributed by atoms with E-state index in [1.54, 1.807) is 0 Å². The van der Waals surface area contributed by atoms with Crippen molar-refractivity contribution in [2.75, 3.05) is 0 Å². The minimum Gasteiger partial charge on any atom is -0.278 e. The molecule has 1 nitrogen and oxygen atoms in total. The van der Waals surface area contributed by atoms with Crippen LogP contribution in [0.5, 0.6) is 0 Å². The highest BCUT2D eigenvalue weighted by atomic mass is 15.0. The van der Waals surface area contributed by atoms with Crippen LogP contribution in [0.4, 0.5) is 0 Å². The molecule has 1 aliphatic heterocycles. The van der Waals surface area contributed by atoms with E-state index in [2.05, 4.69) is 24.0 Å². The average Bonchev–Trinajstić information content (AvgIpc) is 2.72. The van der Waals surface area contributed by atoms with E-state index in [1.807, 2.05) is 24.4 Å². The van der Waals surface area contributed by atoms with E-state index in [4.69, 9.17) is 0 Å². The van der Waals surface area contributed by atoms with Crippen LogP contribution < -0.4 is 0 Å². The molecule has 10 heavy (non-hydrogen) atoms. The maximum Gasteiger partial charge on any atom is 0.117 e. The lowest BCUT2D eigenvalue weighted by Crippen LogP contribution is -2.02. The van der Waals surface area contributed by atoms with Crippen LogP contribution in [0.15, 0.2) is 35.3 Å². The fourth-order valence-electron chi connectivity index (χ4n) is 1.02. The SMILES string of the molecule is CC1(c2ccccc2)C=N1. The molecular formula is C9H9N. The fourth-order valence-corrected chi connectivity index (χ4v) is 1.02. The van der Waals surface area contributed by atoms with Gasteiger partial charge in [0.15, 0.2) is 0 Å². The van der Waals surface area contributed by atoms with Crippen molar-refractivity contribution in [3.05, 3.63) is 35.9 Å². The predicted molar refractivity (Wildman–Crippen MR) is 42.3 cm³/mol. The minimum atomic E-state index is 0.0429. The smallest absolute Gasteiger partial charge is 0.117 e. The van der Waals surface area contributed by atoms with Crippen LogP contribution in [-0.4, -0.2) is 6.21 Å². The number of nitrogens with zero attached hydrogens (tertiary/aromatic N) is 1. The van der Waals surface area contributed by atoms with Gasteiger partial charge in [0.1, 0.15) is 5.54 Å². The Morgan fingerprint density at radius 3 is 2.30 bits per heavy atom. The molecule has 0 spiro atoms. The number of hydrogen-bond acceptors (Lipinski definition) is 1. The van der Waals surface area contributed by atoms with Gasteiger partial charge >= 0.3 is 0 Å². The summed E-state index contributed by atoms with van der Waals surface area (Å²) in [6.07, 6.45) is 1.97. The van der Waals surface area contributed by atoms with Gasteiger partial charge in [0.2, 0.25) is 0 Å². The van der Waals surface area contributed by atoms with Gasteiger partial charge in [-0.15, -0.1) is 0 Å². The summed E-state index contributed by atoms with van der Waals surface area (Å²) in [7, 11) is 0. The Labute approximate surface area is 60.4 Å². The van der Waals surface area contributed by atoms with Crippen molar-refractivity contribution >= 4 is 6.21 Å². The molecule has 0 saturated carbocycles. The molecule has 0 radical (unpaired) electrons. The first-order valence-corrected chi connectivity index (χ1v) is 3.43. The number of hydrogen-bond donors (Lipinski definition) is 0. The first-order valence-electron chi connectivity index (χ1n) is 3.43. The van der Waals surface area contributed by atoms with Crippen LogP contribution in [-0.2, 0) is 5.54 Å². The highest BCUT2D eigenvalue weighted by molar-refractivity contribution is 5.85. The van der Waals surface area contributed by atoms with Gasteiger partial charge in [0.05, 0.1) is 0 Å². The molecule has 1 aromatic carbocycles. The fraction of sp³-hybridized carbons (Fsp3) is 0.222. The van der Waals surface area contributed by atoms with Gasteiger partial charge in [0, 0.05) is 6.21 Å². The van der Waals surface area contributed by atoms with Gasteiger partial charge < -0.3 is 0 Å². The van der Waals surface area contributed by atoms with Gasteiger partial charge in [-0.25, -0.2) is 0 Å². The Morgan fingerprint density at radius 1 is 1.20 bits per heavy atom. The van der Waals surface area contributed by atoms with Crippen molar-refractivity contribution in [1.29, 1.82) is 0 Å². The topological polar surface area (TPSA) is 12.4 Å². The summed E-state index contributed by atoms with van der Waals surface area (Å²) in [5.74, 6) is 0. The lowest BCUT2D eigenvalue weighted by atomic mass is 10.0. The van der Waals surface area contributed by atoms with Crippen molar-refractivity contribution in [2.45, 2.75) is 12.5 Å². The van der Waals surface area contributed by atoms with Crippen LogP contribution in [0.2, 0.25) is 0 Å². The van der Waals surface area contributed by atoms with Crippen molar-refractivity contribution in [1.82, 2.24) is 0 Å². The standard InChI is InChI=1S/C9H9N/c1-9(7-10-9)8-5-3-2-4-6-8/h2-7H,1H3. The molecule has 1 heteroatoms. The second-order valence-electron chi connectivity index (χ2n) is 2.77. The predicted octanol–water partition coefficient (Wildman–Crippen LogP) is 1.99. The lowest BCUT2D eigenvalue weighted by Gasteiger charge is -2.04. The Morgan fingerprint density at radius 2 is 1.80 bits per heavy atom. The number of benzene rings is 1. The molecule has 1 heterocycles.